The van der Waals surface area contributed by atoms with Crippen molar-refractivity contribution in [3.05, 3.63) is 12.3 Å². The van der Waals surface area contributed by atoms with E-state index in [1.165, 1.54) is 13.0 Å². The zero-order valence-corrected chi connectivity index (χ0v) is 9.41. The fraction of sp³-hybridized carbons (Fsp3) is 0.778. The topological polar surface area (TPSA) is 12.0 Å². The van der Waals surface area contributed by atoms with Crippen LogP contribution in [0.5, 0.6) is 0 Å². The van der Waals surface area contributed by atoms with Crippen molar-refractivity contribution < 1.29 is 16.9 Å². The van der Waals surface area contributed by atoms with Gasteiger partial charge in [0.15, 0.2) is 0 Å². The van der Waals surface area contributed by atoms with Gasteiger partial charge in [0, 0.05) is 18.7 Å². The molecule has 0 aromatic heterocycles. The predicted octanol–water partition coefficient (Wildman–Crippen LogP) is -1.79. The Labute approximate surface area is 82.6 Å². The summed E-state index contributed by atoms with van der Waals surface area (Å²) in [5.74, 6) is 0. The average Bonchev–Trinajstić information content (AvgIpc) is 1.78. The normalized spacial score (nSPS) is 10.3. The molecule has 0 saturated carbocycles. The average molecular weight is 193 g/mol. The number of nitrogens with zero attached hydrogens (tertiary/aromatic N) is 1. The summed E-state index contributed by atoms with van der Waals surface area (Å²) in [6, 6.07) is 0. The van der Waals surface area contributed by atoms with E-state index in [2.05, 4.69) is 33.0 Å². The van der Waals surface area contributed by atoms with Crippen molar-refractivity contribution in [3.8, 4) is 0 Å². The van der Waals surface area contributed by atoms with Crippen molar-refractivity contribution in [1.82, 2.24) is 5.32 Å². The molecule has 0 atom stereocenters. The van der Waals surface area contributed by atoms with Crippen molar-refractivity contribution in [2.45, 2.75) is 13.3 Å². The Bertz CT molecular complexity index is 127. The molecule has 0 heterocycles. The number of hydrogen-bond acceptors (Lipinski definition) is 1. The standard InChI is InChI=1S/C9H21N2.ClH/c1-9(2)10-7-6-8-11(3,4)5;/h10H,1,6-8H2,2-5H3;1H/q+1;/p-1. The third-order valence-corrected chi connectivity index (χ3v) is 1.43. The number of rotatable bonds is 5. The molecule has 0 fully saturated rings. The summed E-state index contributed by atoms with van der Waals surface area (Å²) in [6.45, 7) is 8.02. The molecular formula is C9H21ClN2. The Hall–Kier alpha value is -0.210. The van der Waals surface area contributed by atoms with E-state index in [0.717, 1.165) is 16.7 Å². The molecule has 0 radical (unpaired) electrons. The van der Waals surface area contributed by atoms with E-state index in [1.54, 1.807) is 0 Å². The summed E-state index contributed by atoms with van der Waals surface area (Å²) in [5.41, 5.74) is 1.06. The molecule has 0 saturated heterocycles. The molecule has 0 unspecified atom stereocenters. The second-order valence-electron chi connectivity index (χ2n) is 4.07. The quantitative estimate of drug-likeness (QED) is 0.401. The second kappa shape index (κ2) is 6.32. The minimum Gasteiger partial charge on any atom is -1.00 e. The van der Waals surface area contributed by atoms with Gasteiger partial charge in [0.25, 0.3) is 0 Å². The first-order chi connectivity index (χ1) is 4.92. The molecule has 0 bridgehead atoms. The fourth-order valence-electron chi connectivity index (χ4n) is 0.855. The second-order valence-corrected chi connectivity index (χ2v) is 4.07. The Morgan fingerprint density at radius 3 is 2.17 bits per heavy atom. The van der Waals surface area contributed by atoms with Gasteiger partial charge in [-0.1, -0.05) is 6.58 Å². The van der Waals surface area contributed by atoms with Crippen molar-refractivity contribution in [3.63, 3.8) is 0 Å². The molecule has 74 valence electrons. The summed E-state index contributed by atoms with van der Waals surface area (Å²) in [5, 5.41) is 3.21. The lowest BCUT2D eigenvalue weighted by atomic mass is 10.3. The van der Waals surface area contributed by atoms with E-state index >= 15 is 0 Å². The van der Waals surface area contributed by atoms with Crippen LogP contribution < -0.4 is 17.7 Å². The lowest BCUT2D eigenvalue weighted by molar-refractivity contribution is -0.870. The van der Waals surface area contributed by atoms with Gasteiger partial charge in [-0.2, -0.15) is 0 Å². The van der Waals surface area contributed by atoms with E-state index in [1.807, 2.05) is 6.92 Å². The smallest absolute Gasteiger partial charge is 0.0797 e. The summed E-state index contributed by atoms with van der Waals surface area (Å²) < 4.78 is 1.04. The lowest BCUT2D eigenvalue weighted by Crippen LogP contribution is -3.00. The van der Waals surface area contributed by atoms with Gasteiger partial charge in [-0.05, 0) is 6.92 Å². The van der Waals surface area contributed by atoms with Crippen LogP contribution in [0.25, 0.3) is 0 Å². The largest absolute Gasteiger partial charge is 1.00 e. The van der Waals surface area contributed by atoms with Crippen LogP contribution >= 0.6 is 0 Å². The van der Waals surface area contributed by atoms with E-state index < -0.39 is 0 Å². The van der Waals surface area contributed by atoms with E-state index in [0.29, 0.717) is 0 Å². The van der Waals surface area contributed by atoms with Crippen LogP contribution in [0.15, 0.2) is 12.3 Å². The van der Waals surface area contributed by atoms with Crippen LogP contribution in [0.2, 0.25) is 0 Å². The molecular weight excluding hydrogens is 172 g/mol. The van der Waals surface area contributed by atoms with Crippen molar-refractivity contribution in [2.75, 3.05) is 34.2 Å². The molecule has 2 nitrogen and oxygen atoms in total. The predicted molar refractivity (Wildman–Crippen MR) is 50.3 cm³/mol. The maximum atomic E-state index is 3.77. The van der Waals surface area contributed by atoms with Crippen molar-refractivity contribution in [2.24, 2.45) is 0 Å². The third kappa shape index (κ3) is 12.5. The minimum absolute atomic E-state index is 0. The molecule has 12 heavy (non-hydrogen) atoms. The molecule has 0 aliphatic heterocycles. The zero-order valence-electron chi connectivity index (χ0n) is 8.65. The molecule has 0 aromatic carbocycles. The lowest BCUT2D eigenvalue weighted by Gasteiger charge is -2.23. The van der Waals surface area contributed by atoms with Crippen molar-refractivity contribution in [1.29, 1.82) is 0 Å². The Kier molecular flexibility index (Phi) is 7.54. The van der Waals surface area contributed by atoms with Crippen LogP contribution in [0.4, 0.5) is 0 Å². The third-order valence-electron chi connectivity index (χ3n) is 1.43. The summed E-state index contributed by atoms with van der Waals surface area (Å²) in [6.07, 6.45) is 1.20. The number of quaternary nitrogens is 1. The summed E-state index contributed by atoms with van der Waals surface area (Å²) in [4.78, 5) is 0. The fourth-order valence-corrected chi connectivity index (χ4v) is 0.855. The molecule has 0 aromatic rings. The molecule has 3 heteroatoms. The van der Waals surface area contributed by atoms with Gasteiger partial charge in [0.1, 0.15) is 0 Å². The number of hydrogen-bond donors (Lipinski definition) is 1. The summed E-state index contributed by atoms with van der Waals surface area (Å²) >= 11 is 0. The molecule has 1 N–H and O–H groups in total. The van der Waals surface area contributed by atoms with Gasteiger partial charge < -0.3 is 22.2 Å². The van der Waals surface area contributed by atoms with Gasteiger partial charge in [0.05, 0.1) is 27.7 Å². The van der Waals surface area contributed by atoms with Gasteiger partial charge in [-0.25, -0.2) is 0 Å². The van der Waals surface area contributed by atoms with Crippen molar-refractivity contribution >= 4 is 0 Å². The van der Waals surface area contributed by atoms with Gasteiger partial charge in [-0.15, -0.1) is 0 Å². The molecule has 0 aliphatic rings. The highest BCUT2D eigenvalue weighted by Crippen LogP contribution is 1.92. The first-order valence-electron chi connectivity index (χ1n) is 4.11. The van der Waals surface area contributed by atoms with Gasteiger partial charge in [0.2, 0.25) is 0 Å². The van der Waals surface area contributed by atoms with Crippen LogP contribution in [0.3, 0.4) is 0 Å². The first kappa shape index (κ1) is 14.3. The highest BCUT2D eigenvalue weighted by molar-refractivity contribution is 4.83. The molecule has 0 aliphatic carbocycles. The van der Waals surface area contributed by atoms with Crippen LogP contribution in [0.1, 0.15) is 13.3 Å². The Morgan fingerprint density at radius 2 is 1.83 bits per heavy atom. The van der Waals surface area contributed by atoms with Crippen LogP contribution in [-0.2, 0) is 0 Å². The minimum atomic E-state index is 0. The first-order valence-corrected chi connectivity index (χ1v) is 4.11. The number of nitrogens with one attached hydrogen (secondary N) is 1. The van der Waals surface area contributed by atoms with E-state index in [-0.39, 0.29) is 12.4 Å². The SMILES string of the molecule is C=C(C)NCCC[N+](C)(C)C.[Cl-]. The highest BCUT2D eigenvalue weighted by Gasteiger charge is 2.04. The van der Waals surface area contributed by atoms with Crippen LogP contribution in [0, 0.1) is 0 Å². The van der Waals surface area contributed by atoms with E-state index in [9.17, 15) is 0 Å². The molecule has 0 rings (SSSR count). The zero-order chi connectivity index (χ0) is 8.91. The maximum Gasteiger partial charge on any atom is 0.0797 e. The molecule has 0 amide bonds. The molecule has 0 spiro atoms. The Morgan fingerprint density at radius 1 is 1.33 bits per heavy atom. The summed E-state index contributed by atoms with van der Waals surface area (Å²) in [7, 11) is 6.63. The van der Waals surface area contributed by atoms with Gasteiger partial charge in [-0.3, -0.25) is 0 Å². The van der Waals surface area contributed by atoms with E-state index in [4.69, 9.17) is 0 Å². The highest BCUT2D eigenvalue weighted by atomic mass is 35.5. The number of halogens is 1. The monoisotopic (exact) mass is 192 g/mol. The van der Waals surface area contributed by atoms with Gasteiger partial charge >= 0.3 is 0 Å². The maximum absolute atomic E-state index is 3.77. The van der Waals surface area contributed by atoms with Crippen LogP contribution in [-0.4, -0.2) is 38.7 Å². The number of allylic oxidation sites excluding steroid dienone is 1. The Balaban J connectivity index is 0.